The minimum atomic E-state index is -0.186. The molecule has 2 aromatic rings. The number of nitrogens with zero attached hydrogens (tertiary/aromatic N) is 2. The number of carbonyl (C=O) groups excluding carboxylic acids is 2. The van der Waals surface area contributed by atoms with E-state index in [9.17, 15) is 9.59 Å². The third-order valence-corrected chi connectivity index (χ3v) is 4.75. The first-order valence-corrected chi connectivity index (χ1v) is 9.51. The van der Waals surface area contributed by atoms with Gasteiger partial charge in [0.05, 0.1) is 0 Å². The van der Waals surface area contributed by atoms with Gasteiger partial charge in [0.25, 0.3) is 5.91 Å². The summed E-state index contributed by atoms with van der Waals surface area (Å²) < 4.78 is 0. The van der Waals surface area contributed by atoms with Crippen molar-refractivity contribution < 1.29 is 9.59 Å². The third kappa shape index (κ3) is 5.02. The minimum Gasteiger partial charge on any atom is -0.345 e. The van der Waals surface area contributed by atoms with Gasteiger partial charge in [0.15, 0.2) is 0 Å². The summed E-state index contributed by atoms with van der Waals surface area (Å²) in [6.45, 7) is 2.40. The van der Waals surface area contributed by atoms with Gasteiger partial charge in [-0.25, -0.2) is 4.79 Å². The Labute approximate surface area is 159 Å². The fourth-order valence-corrected chi connectivity index (χ4v) is 3.01. The van der Waals surface area contributed by atoms with Crippen LogP contribution in [0.25, 0.3) is 0 Å². The lowest BCUT2D eigenvalue weighted by atomic mass is 10.1. The molecule has 26 heavy (non-hydrogen) atoms. The maximum Gasteiger partial charge on any atom is 0.321 e. The molecule has 2 aromatic carbocycles. The molecule has 2 rings (SSSR count). The van der Waals surface area contributed by atoms with Crippen LogP contribution in [0.4, 0.5) is 10.5 Å². The van der Waals surface area contributed by atoms with Gasteiger partial charge in [-0.1, -0.05) is 12.1 Å². The Bertz CT molecular complexity index is 805. The van der Waals surface area contributed by atoms with Gasteiger partial charge in [0.1, 0.15) is 0 Å². The molecule has 0 saturated heterocycles. The topological polar surface area (TPSA) is 52.7 Å². The van der Waals surface area contributed by atoms with Crippen LogP contribution in [0, 0.1) is 6.92 Å². The van der Waals surface area contributed by atoms with Gasteiger partial charge in [0.2, 0.25) is 0 Å². The molecule has 0 fully saturated rings. The van der Waals surface area contributed by atoms with E-state index in [-0.39, 0.29) is 11.9 Å². The smallest absolute Gasteiger partial charge is 0.321 e. The Kier molecular flexibility index (Phi) is 6.69. The number of benzene rings is 2. The van der Waals surface area contributed by atoms with E-state index in [1.807, 2.05) is 31.4 Å². The summed E-state index contributed by atoms with van der Waals surface area (Å²) in [6.07, 6.45) is 2.03. The number of thioether (sulfide) groups is 1. The van der Waals surface area contributed by atoms with E-state index < -0.39 is 0 Å². The number of nitrogens with one attached hydrogen (secondary N) is 1. The molecule has 1 N–H and O–H groups in total. The monoisotopic (exact) mass is 371 g/mol. The largest absolute Gasteiger partial charge is 0.345 e. The number of hydrogen-bond acceptors (Lipinski definition) is 3. The van der Waals surface area contributed by atoms with E-state index in [0.29, 0.717) is 17.8 Å². The molecule has 0 aliphatic heterocycles. The van der Waals surface area contributed by atoms with Crippen molar-refractivity contribution in [3.63, 3.8) is 0 Å². The van der Waals surface area contributed by atoms with E-state index in [4.69, 9.17) is 0 Å². The highest BCUT2D eigenvalue weighted by Crippen LogP contribution is 2.19. The van der Waals surface area contributed by atoms with Crippen LogP contribution in [0.3, 0.4) is 0 Å². The highest BCUT2D eigenvalue weighted by Gasteiger charge is 2.13. The van der Waals surface area contributed by atoms with Crippen LogP contribution in [-0.2, 0) is 6.54 Å². The number of hydrogen-bond donors (Lipinski definition) is 1. The number of rotatable bonds is 5. The van der Waals surface area contributed by atoms with E-state index in [0.717, 1.165) is 11.1 Å². The lowest BCUT2D eigenvalue weighted by molar-refractivity contribution is 0.0827. The van der Waals surface area contributed by atoms with Gasteiger partial charge < -0.3 is 15.1 Å². The zero-order valence-electron chi connectivity index (χ0n) is 15.9. The number of carbonyl (C=O) groups is 2. The van der Waals surface area contributed by atoms with E-state index in [1.165, 1.54) is 9.80 Å². The molecule has 0 bridgehead atoms. The number of amides is 3. The van der Waals surface area contributed by atoms with Gasteiger partial charge in [0, 0.05) is 43.8 Å². The number of aryl methyl sites for hydroxylation is 1. The summed E-state index contributed by atoms with van der Waals surface area (Å²) in [7, 11) is 5.20. The van der Waals surface area contributed by atoms with Crippen LogP contribution in [0.5, 0.6) is 0 Å². The second-order valence-corrected chi connectivity index (χ2v) is 7.25. The molecule has 6 heteroatoms. The van der Waals surface area contributed by atoms with Crippen molar-refractivity contribution in [3.05, 3.63) is 59.2 Å². The van der Waals surface area contributed by atoms with E-state index in [1.54, 1.807) is 56.0 Å². The lowest BCUT2D eigenvalue weighted by Gasteiger charge is -2.19. The van der Waals surface area contributed by atoms with Crippen molar-refractivity contribution in [2.24, 2.45) is 0 Å². The fraction of sp³-hybridized carbons (Fsp3) is 0.300. The van der Waals surface area contributed by atoms with Crippen molar-refractivity contribution in [1.29, 1.82) is 0 Å². The highest BCUT2D eigenvalue weighted by molar-refractivity contribution is 7.98. The van der Waals surface area contributed by atoms with Crippen LogP contribution in [-0.4, -0.2) is 49.1 Å². The normalized spacial score (nSPS) is 10.3. The van der Waals surface area contributed by atoms with Crippen molar-refractivity contribution in [2.45, 2.75) is 18.4 Å². The molecular formula is C20H25N3O2S. The van der Waals surface area contributed by atoms with Gasteiger partial charge in [-0.2, -0.15) is 0 Å². The minimum absolute atomic E-state index is 0.0585. The van der Waals surface area contributed by atoms with Crippen molar-refractivity contribution in [3.8, 4) is 0 Å². The molecule has 138 valence electrons. The molecular weight excluding hydrogens is 346 g/mol. The molecule has 0 saturated carbocycles. The summed E-state index contributed by atoms with van der Waals surface area (Å²) >= 11 is 1.68. The standard InChI is InChI=1S/C20H25N3O2S/c1-14-11-16(19(24)22(2)3)9-10-18(14)21-20(25)23(4)13-15-7-6-8-17(12-15)26-5/h6-12H,13H2,1-5H3,(H,21,25). The van der Waals surface area contributed by atoms with Gasteiger partial charge in [-0.05, 0) is 54.6 Å². The first kappa shape index (κ1) is 19.8. The molecule has 0 aliphatic carbocycles. The summed E-state index contributed by atoms with van der Waals surface area (Å²) in [5, 5.41) is 2.91. The molecule has 0 aliphatic rings. The van der Waals surface area contributed by atoms with Gasteiger partial charge in [-0.3, -0.25) is 4.79 Å². The van der Waals surface area contributed by atoms with E-state index >= 15 is 0 Å². The maximum atomic E-state index is 12.5. The average molecular weight is 372 g/mol. The quantitative estimate of drug-likeness (QED) is 0.806. The molecule has 0 unspecified atom stereocenters. The van der Waals surface area contributed by atoms with Crippen molar-refractivity contribution >= 4 is 29.4 Å². The van der Waals surface area contributed by atoms with Crippen LogP contribution in [0.2, 0.25) is 0 Å². The molecule has 5 nitrogen and oxygen atoms in total. The molecule has 0 atom stereocenters. The fourth-order valence-electron chi connectivity index (χ4n) is 2.52. The SMILES string of the molecule is CSc1cccc(CN(C)C(=O)Nc2ccc(C(=O)N(C)C)cc2C)c1. The second-order valence-electron chi connectivity index (χ2n) is 6.37. The van der Waals surface area contributed by atoms with Crippen LogP contribution in [0.15, 0.2) is 47.4 Å². The first-order chi connectivity index (χ1) is 12.3. The van der Waals surface area contributed by atoms with Crippen LogP contribution in [0.1, 0.15) is 21.5 Å². The second kappa shape index (κ2) is 8.76. The lowest BCUT2D eigenvalue weighted by Crippen LogP contribution is -2.31. The molecule has 0 spiro atoms. The Balaban J connectivity index is 2.05. The third-order valence-electron chi connectivity index (χ3n) is 4.02. The Morgan fingerprint density at radius 1 is 1.08 bits per heavy atom. The van der Waals surface area contributed by atoms with Crippen LogP contribution >= 0.6 is 11.8 Å². The summed E-state index contributed by atoms with van der Waals surface area (Å²) in [5.41, 5.74) is 3.24. The number of anilines is 1. The molecule has 0 aromatic heterocycles. The zero-order chi connectivity index (χ0) is 19.3. The predicted molar refractivity (Wildman–Crippen MR) is 108 cm³/mol. The Morgan fingerprint density at radius 2 is 1.81 bits per heavy atom. The molecule has 3 amide bonds. The van der Waals surface area contributed by atoms with Gasteiger partial charge in [-0.15, -0.1) is 11.8 Å². The van der Waals surface area contributed by atoms with Crippen molar-refractivity contribution in [2.75, 3.05) is 32.7 Å². The summed E-state index contributed by atoms with van der Waals surface area (Å²) in [5.74, 6) is -0.0585. The highest BCUT2D eigenvalue weighted by atomic mass is 32.2. The Hall–Kier alpha value is -2.47. The number of urea groups is 1. The first-order valence-electron chi connectivity index (χ1n) is 8.29. The predicted octanol–water partition coefficient (Wildman–Crippen LogP) is 4.08. The molecule has 0 radical (unpaired) electrons. The van der Waals surface area contributed by atoms with Gasteiger partial charge >= 0.3 is 6.03 Å². The summed E-state index contributed by atoms with van der Waals surface area (Å²) in [6, 6.07) is 13.2. The molecule has 0 heterocycles. The van der Waals surface area contributed by atoms with Crippen molar-refractivity contribution in [1.82, 2.24) is 9.80 Å². The average Bonchev–Trinajstić information content (AvgIpc) is 2.62. The zero-order valence-corrected chi connectivity index (χ0v) is 16.7. The Morgan fingerprint density at radius 3 is 2.42 bits per heavy atom. The van der Waals surface area contributed by atoms with Crippen LogP contribution < -0.4 is 5.32 Å². The summed E-state index contributed by atoms with van der Waals surface area (Å²) in [4.78, 5) is 28.8. The van der Waals surface area contributed by atoms with E-state index in [2.05, 4.69) is 11.4 Å². The maximum absolute atomic E-state index is 12.5.